The van der Waals surface area contributed by atoms with Crippen LogP contribution in [0.15, 0.2) is 23.1 Å². The molecule has 2 N–H and O–H groups in total. The second kappa shape index (κ2) is 4.74. The molecule has 16 heavy (non-hydrogen) atoms. The third-order valence-corrected chi connectivity index (χ3v) is 4.24. The summed E-state index contributed by atoms with van der Waals surface area (Å²) in [6, 6.07) is 4.22. The van der Waals surface area contributed by atoms with Crippen LogP contribution in [0.2, 0.25) is 5.02 Å². The van der Waals surface area contributed by atoms with E-state index >= 15 is 0 Å². The van der Waals surface area contributed by atoms with Gasteiger partial charge in [-0.15, -0.1) is 6.42 Å². The largest absolute Gasteiger partial charge is 0.399 e. The van der Waals surface area contributed by atoms with Crippen LogP contribution in [-0.4, -0.2) is 26.3 Å². The zero-order chi connectivity index (χ0) is 12.3. The van der Waals surface area contributed by atoms with Gasteiger partial charge in [0.2, 0.25) is 10.0 Å². The van der Waals surface area contributed by atoms with Gasteiger partial charge in [0.05, 0.1) is 11.6 Å². The zero-order valence-corrected chi connectivity index (χ0v) is 10.2. The van der Waals surface area contributed by atoms with Crippen molar-refractivity contribution in [2.24, 2.45) is 0 Å². The Balaban J connectivity index is 3.23. The van der Waals surface area contributed by atoms with Crippen molar-refractivity contribution >= 4 is 27.3 Å². The predicted octanol–water partition coefficient (Wildman–Crippen LogP) is 1.18. The van der Waals surface area contributed by atoms with Gasteiger partial charge in [-0.05, 0) is 18.2 Å². The number of nitrogen functional groups attached to an aromatic ring is 1. The minimum absolute atomic E-state index is 0.00103. The molecule has 0 unspecified atom stereocenters. The number of benzene rings is 1. The maximum Gasteiger partial charge on any atom is 0.245 e. The Labute approximate surface area is 100 Å². The Bertz CT molecular complexity index is 534. The standard InChI is InChI=1S/C10H11ClN2O2S/c1-3-6-13(2)16(14,15)10-5-4-8(12)7-9(10)11/h1,4-5,7H,6,12H2,2H3. The van der Waals surface area contributed by atoms with E-state index in [0.29, 0.717) is 5.69 Å². The molecule has 6 heteroatoms. The van der Waals surface area contributed by atoms with Crippen LogP contribution in [0, 0.1) is 12.3 Å². The van der Waals surface area contributed by atoms with Gasteiger partial charge in [0.25, 0.3) is 0 Å². The van der Waals surface area contributed by atoms with E-state index < -0.39 is 10.0 Å². The van der Waals surface area contributed by atoms with Gasteiger partial charge in [0.15, 0.2) is 0 Å². The van der Waals surface area contributed by atoms with Crippen LogP contribution in [0.1, 0.15) is 0 Å². The second-order valence-corrected chi connectivity index (χ2v) is 5.58. The molecule has 0 saturated heterocycles. The van der Waals surface area contributed by atoms with Crippen LogP contribution in [0.4, 0.5) is 5.69 Å². The number of nitrogens with two attached hydrogens (primary N) is 1. The van der Waals surface area contributed by atoms with E-state index in [0.717, 1.165) is 4.31 Å². The van der Waals surface area contributed by atoms with Gasteiger partial charge in [0, 0.05) is 12.7 Å². The highest BCUT2D eigenvalue weighted by Gasteiger charge is 2.22. The fraction of sp³-hybridized carbons (Fsp3) is 0.200. The summed E-state index contributed by atoms with van der Waals surface area (Å²) in [5.74, 6) is 2.25. The molecule has 0 heterocycles. The SMILES string of the molecule is C#CCN(C)S(=O)(=O)c1ccc(N)cc1Cl. The van der Waals surface area contributed by atoms with Crippen molar-refractivity contribution in [1.82, 2.24) is 4.31 Å². The first-order valence-electron chi connectivity index (χ1n) is 4.34. The molecule has 0 aliphatic carbocycles. The highest BCUT2D eigenvalue weighted by molar-refractivity contribution is 7.89. The van der Waals surface area contributed by atoms with Crippen molar-refractivity contribution in [2.75, 3.05) is 19.3 Å². The maximum atomic E-state index is 12.0. The summed E-state index contributed by atoms with van der Waals surface area (Å²) in [6.07, 6.45) is 5.06. The minimum atomic E-state index is -3.65. The van der Waals surface area contributed by atoms with Gasteiger partial charge >= 0.3 is 0 Å². The number of hydrogen-bond donors (Lipinski definition) is 1. The summed E-state index contributed by atoms with van der Waals surface area (Å²) in [7, 11) is -2.25. The molecule has 1 aromatic rings. The summed E-state index contributed by atoms with van der Waals surface area (Å²) in [6.45, 7) is -0.0109. The molecule has 4 nitrogen and oxygen atoms in total. The molecular weight excluding hydrogens is 248 g/mol. The fourth-order valence-corrected chi connectivity index (χ4v) is 2.71. The first-order chi connectivity index (χ1) is 7.39. The Morgan fingerprint density at radius 3 is 2.69 bits per heavy atom. The normalized spacial score (nSPS) is 11.4. The summed E-state index contributed by atoms with van der Waals surface area (Å²) in [5.41, 5.74) is 5.89. The summed E-state index contributed by atoms with van der Waals surface area (Å²) >= 11 is 5.82. The van der Waals surface area contributed by atoms with Gasteiger partial charge in [-0.3, -0.25) is 0 Å². The number of rotatable bonds is 3. The molecule has 0 atom stereocenters. The van der Waals surface area contributed by atoms with Crippen LogP contribution in [0.3, 0.4) is 0 Å². The van der Waals surface area contributed by atoms with Crippen LogP contribution in [-0.2, 0) is 10.0 Å². The van der Waals surface area contributed by atoms with Crippen molar-refractivity contribution in [1.29, 1.82) is 0 Å². The highest BCUT2D eigenvalue weighted by Crippen LogP contribution is 2.25. The average molecular weight is 259 g/mol. The molecule has 0 aromatic heterocycles. The second-order valence-electron chi connectivity index (χ2n) is 3.16. The van der Waals surface area contributed by atoms with Gasteiger partial charge in [-0.1, -0.05) is 17.5 Å². The van der Waals surface area contributed by atoms with Crippen LogP contribution >= 0.6 is 11.6 Å². The molecule has 0 aliphatic rings. The lowest BCUT2D eigenvalue weighted by atomic mass is 10.3. The first-order valence-corrected chi connectivity index (χ1v) is 6.16. The Hall–Kier alpha value is -1.22. The third kappa shape index (κ3) is 2.47. The third-order valence-electron chi connectivity index (χ3n) is 1.96. The minimum Gasteiger partial charge on any atom is -0.399 e. The monoisotopic (exact) mass is 258 g/mol. The number of halogens is 1. The van der Waals surface area contributed by atoms with E-state index in [2.05, 4.69) is 5.92 Å². The van der Waals surface area contributed by atoms with E-state index in [1.165, 1.54) is 25.2 Å². The lowest BCUT2D eigenvalue weighted by Crippen LogP contribution is -2.27. The Morgan fingerprint density at radius 2 is 2.19 bits per heavy atom. The lowest BCUT2D eigenvalue weighted by Gasteiger charge is -2.15. The van der Waals surface area contributed by atoms with Crippen LogP contribution < -0.4 is 5.73 Å². The number of nitrogens with zero attached hydrogens (tertiary/aromatic N) is 1. The molecule has 86 valence electrons. The molecule has 0 fully saturated rings. The molecule has 0 radical (unpaired) electrons. The van der Waals surface area contributed by atoms with Crippen LogP contribution in [0.25, 0.3) is 0 Å². The summed E-state index contributed by atoms with van der Waals surface area (Å²) < 4.78 is 25.0. The van der Waals surface area contributed by atoms with E-state index in [1.54, 1.807) is 0 Å². The van der Waals surface area contributed by atoms with Crippen molar-refractivity contribution < 1.29 is 8.42 Å². The van der Waals surface area contributed by atoms with Crippen molar-refractivity contribution in [2.45, 2.75) is 4.90 Å². The van der Waals surface area contributed by atoms with Crippen molar-refractivity contribution in [3.63, 3.8) is 0 Å². The molecular formula is C10H11ClN2O2S. The van der Waals surface area contributed by atoms with Gasteiger partial charge in [-0.2, -0.15) is 4.31 Å². The van der Waals surface area contributed by atoms with E-state index in [9.17, 15) is 8.42 Å². The fourth-order valence-electron chi connectivity index (χ4n) is 1.11. The van der Waals surface area contributed by atoms with Gasteiger partial charge in [-0.25, -0.2) is 8.42 Å². The summed E-state index contributed by atoms with van der Waals surface area (Å²) in [4.78, 5) is 0.00103. The maximum absolute atomic E-state index is 12.0. The molecule has 0 bridgehead atoms. The number of hydrogen-bond acceptors (Lipinski definition) is 3. The summed E-state index contributed by atoms with van der Waals surface area (Å²) in [5, 5.41) is 0.0869. The molecule has 0 amide bonds. The quantitative estimate of drug-likeness (QED) is 0.654. The zero-order valence-electron chi connectivity index (χ0n) is 8.64. The van der Waals surface area contributed by atoms with Gasteiger partial charge in [0.1, 0.15) is 4.90 Å². The average Bonchev–Trinajstić information content (AvgIpc) is 2.17. The van der Waals surface area contributed by atoms with Crippen LogP contribution in [0.5, 0.6) is 0 Å². The number of sulfonamides is 1. The van der Waals surface area contributed by atoms with E-state index in [-0.39, 0.29) is 16.5 Å². The first kappa shape index (κ1) is 12.8. The molecule has 0 aliphatic heterocycles. The lowest BCUT2D eigenvalue weighted by molar-refractivity contribution is 0.503. The number of anilines is 1. The topological polar surface area (TPSA) is 63.4 Å². The predicted molar refractivity (Wildman–Crippen MR) is 64.5 cm³/mol. The van der Waals surface area contributed by atoms with E-state index in [4.69, 9.17) is 23.8 Å². The molecule has 1 rings (SSSR count). The highest BCUT2D eigenvalue weighted by atomic mass is 35.5. The molecule has 1 aromatic carbocycles. The number of terminal acetylenes is 1. The van der Waals surface area contributed by atoms with Gasteiger partial charge < -0.3 is 5.73 Å². The smallest absolute Gasteiger partial charge is 0.245 e. The molecule has 0 spiro atoms. The Morgan fingerprint density at radius 1 is 1.56 bits per heavy atom. The van der Waals surface area contributed by atoms with Crippen molar-refractivity contribution in [3.8, 4) is 12.3 Å². The Kier molecular flexibility index (Phi) is 3.81. The van der Waals surface area contributed by atoms with Crippen molar-refractivity contribution in [3.05, 3.63) is 23.2 Å². The van der Waals surface area contributed by atoms with E-state index in [1.807, 2.05) is 0 Å². The molecule has 0 saturated carbocycles.